The number of amides is 1. The van der Waals surface area contributed by atoms with Crippen molar-refractivity contribution in [1.82, 2.24) is 4.90 Å². The molecule has 1 fully saturated rings. The largest absolute Gasteiger partial charge is 0.481 e. The van der Waals surface area contributed by atoms with Crippen molar-refractivity contribution in [2.75, 3.05) is 13.2 Å². The van der Waals surface area contributed by atoms with Gasteiger partial charge in [0.05, 0.1) is 6.61 Å². The first-order valence-electron chi connectivity index (χ1n) is 8.37. The van der Waals surface area contributed by atoms with E-state index in [4.69, 9.17) is 14.6 Å². The number of esters is 1. The average molecular weight is 349 g/mol. The van der Waals surface area contributed by atoms with Gasteiger partial charge in [-0.25, -0.2) is 9.59 Å². The Balaban J connectivity index is 2.12. The van der Waals surface area contributed by atoms with Gasteiger partial charge >= 0.3 is 18.0 Å². The Morgan fingerprint density at radius 1 is 1.20 bits per heavy atom. The second-order valence-electron chi connectivity index (χ2n) is 5.94. The van der Waals surface area contributed by atoms with E-state index < -0.39 is 23.6 Å². The van der Waals surface area contributed by atoms with Crippen LogP contribution in [0.2, 0.25) is 0 Å². The maximum atomic E-state index is 12.5. The number of rotatable bonds is 7. The van der Waals surface area contributed by atoms with E-state index >= 15 is 0 Å². The Kier molecular flexibility index (Phi) is 6.38. The number of aliphatic carboxylic acids is 1. The van der Waals surface area contributed by atoms with Crippen LogP contribution in [0.25, 0.3) is 0 Å². The normalized spacial score (nSPS) is 19.5. The predicted molar refractivity (Wildman–Crippen MR) is 88.8 cm³/mol. The molecule has 0 radical (unpaired) electrons. The van der Waals surface area contributed by atoms with Crippen LogP contribution in [-0.2, 0) is 25.7 Å². The van der Waals surface area contributed by atoms with Crippen molar-refractivity contribution < 1.29 is 29.0 Å². The number of carboxylic acids is 1. The van der Waals surface area contributed by atoms with Crippen molar-refractivity contribution in [2.24, 2.45) is 0 Å². The van der Waals surface area contributed by atoms with Gasteiger partial charge in [0.25, 0.3) is 0 Å². The summed E-state index contributed by atoms with van der Waals surface area (Å²) in [6.45, 7) is 2.27. The van der Waals surface area contributed by atoms with Crippen LogP contribution in [0.15, 0.2) is 30.3 Å². The number of ether oxygens (including phenoxy) is 2. The maximum absolute atomic E-state index is 12.5. The molecule has 1 aromatic carbocycles. The molecule has 1 saturated heterocycles. The standard InChI is InChI=1S/C18H23NO6/c1-2-24-16(22)18(11-9-15(20)21)10-6-12-19(18)17(23)25-13-14-7-4-3-5-8-14/h3-5,7-8H,2,6,9-13H2,1H3,(H,20,21)/t18-/m0/s1. The molecule has 0 unspecified atom stereocenters. The highest BCUT2D eigenvalue weighted by Crippen LogP contribution is 2.35. The first-order chi connectivity index (χ1) is 12.0. The number of carbonyl (C=O) groups excluding carboxylic acids is 2. The third-order valence-corrected chi connectivity index (χ3v) is 4.32. The molecule has 1 heterocycles. The third-order valence-electron chi connectivity index (χ3n) is 4.32. The summed E-state index contributed by atoms with van der Waals surface area (Å²) in [6.07, 6.45) is 0.140. The fourth-order valence-electron chi connectivity index (χ4n) is 3.10. The van der Waals surface area contributed by atoms with Crippen molar-refractivity contribution in [3.63, 3.8) is 0 Å². The highest BCUT2D eigenvalue weighted by molar-refractivity contribution is 5.87. The molecular weight excluding hydrogens is 326 g/mol. The van der Waals surface area contributed by atoms with Gasteiger partial charge in [-0.05, 0) is 31.7 Å². The number of nitrogens with zero attached hydrogens (tertiary/aromatic N) is 1. The molecular formula is C18H23NO6. The highest BCUT2D eigenvalue weighted by Gasteiger charge is 2.51. The van der Waals surface area contributed by atoms with Crippen molar-refractivity contribution in [3.05, 3.63) is 35.9 Å². The van der Waals surface area contributed by atoms with E-state index in [2.05, 4.69) is 0 Å². The Morgan fingerprint density at radius 2 is 1.92 bits per heavy atom. The van der Waals surface area contributed by atoms with Gasteiger partial charge in [-0.15, -0.1) is 0 Å². The van der Waals surface area contributed by atoms with Crippen LogP contribution < -0.4 is 0 Å². The number of likely N-dealkylation sites (tertiary alicyclic amines) is 1. The van der Waals surface area contributed by atoms with Crippen LogP contribution in [0.1, 0.15) is 38.2 Å². The lowest BCUT2D eigenvalue weighted by molar-refractivity contribution is -0.156. The summed E-state index contributed by atoms with van der Waals surface area (Å²) in [5, 5.41) is 8.99. The van der Waals surface area contributed by atoms with E-state index in [1.165, 1.54) is 4.90 Å². The molecule has 0 bridgehead atoms. The fourth-order valence-corrected chi connectivity index (χ4v) is 3.10. The maximum Gasteiger partial charge on any atom is 0.411 e. The zero-order chi connectivity index (χ0) is 18.3. The van der Waals surface area contributed by atoms with Gasteiger partial charge in [0.1, 0.15) is 12.1 Å². The van der Waals surface area contributed by atoms with Gasteiger partial charge in [-0.1, -0.05) is 30.3 Å². The molecule has 1 atom stereocenters. The molecule has 1 aliphatic heterocycles. The molecule has 1 aromatic rings. The van der Waals surface area contributed by atoms with Crippen molar-refractivity contribution in [3.8, 4) is 0 Å². The monoisotopic (exact) mass is 349 g/mol. The van der Waals surface area contributed by atoms with Crippen LogP contribution >= 0.6 is 0 Å². The lowest BCUT2D eigenvalue weighted by Crippen LogP contribution is -2.54. The summed E-state index contributed by atoms with van der Waals surface area (Å²) in [6, 6.07) is 9.22. The Bertz CT molecular complexity index is 617. The molecule has 0 spiro atoms. The molecule has 1 N–H and O–H groups in total. The number of benzene rings is 1. The van der Waals surface area contributed by atoms with Gasteiger partial charge in [-0.2, -0.15) is 0 Å². The van der Waals surface area contributed by atoms with Gasteiger partial charge in [-0.3, -0.25) is 9.69 Å². The zero-order valence-corrected chi connectivity index (χ0v) is 14.3. The minimum atomic E-state index is -1.26. The first kappa shape index (κ1) is 18.8. The number of carboxylic acid groups (broad SMARTS) is 1. The lowest BCUT2D eigenvalue weighted by atomic mass is 9.90. The van der Waals surface area contributed by atoms with Gasteiger partial charge in [0, 0.05) is 13.0 Å². The molecule has 2 rings (SSSR count). The minimum absolute atomic E-state index is 0.0155. The fraction of sp³-hybridized carbons (Fsp3) is 0.500. The van der Waals surface area contributed by atoms with E-state index in [0.29, 0.717) is 19.4 Å². The lowest BCUT2D eigenvalue weighted by Gasteiger charge is -2.35. The van der Waals surface area contributed by atoms with Crippen LogP contribution in [0.5, 0.6) is 0 Å². The number of carbonyl (C=O) groups is 3. The summed E-state index contributed by atoms with van der Waals surface area (Å²) in [7, 11) is 0. The summed E-state index contributed by atoms with van der Waals surface area (Å²) in [5.74, 6) is -1.58. The molecule has 25 heavy (non-hydrogen) atoms. The average Bonchev–Trinajstić information content (AvgIpc) is 3.04. The van der Waals surface area contributed by atoms with E-state index in [1.54, 1.807) is 6.92 Å². The highest BCUT2D eigenvalue weighted by atomic mass is 16.6. The molecule has 0 aliphatic carbocycles. The van der Waals surface area contributed by atoms with Gasteiger partial charge < -0.3 is 14.6 Å². The van der Waals surface area contributed by atoms with Crippen LogP contribution in [0.3, 0.4) is 0 Å². The van der Waals surface area contributed by atoms with Crippen molar-refractivity contribution in [2.45, 2.75) is 44.8 Å². The second kappa shape index (κ2) is 8.50. The SMILES string of the molecule is CCOC(=O)[C@@]1(CCC(=O)O)CCCN1C(=O)OCc1ccccc1. The van der Waals surface area contributed by atoms with E-state index in [1.807, 2.05) is 30.3 Å². The minimum Gasteiger partial charge on any atom is -0.481 e. The molecule has 0 saturated carbocycles. The molecule has 1 amide bonds. The van der Waals surface area contributed by atoms with Crippen LogP contribution in [-0.4, -0.2) is 46.7 Å². The Labute approximate surface area is 146 Å². The predicted octanol–water partition coefficient (Wildman–Crippen LogP) is 2.59. The Hall–Kier alpha value is -2.57. The van der Waals surface area contributed by atoms with Crippen LogP contribution in [0.4, 0.5) is 4.79 Å². The molecule has 0 aromatic heterocycles. The molecule has 136 valence electrons. The van der Waals surface area contributed by atoms with E-state index in [9.17, 15) is 14.4 Å². The molecule has 7 nitrogen and oxygen atoms in total. The van der Waals surface area contributed by atoms with E-state index in [-0.39, 0.29) is 26.1 Å². The molecule has 1 aliphatic rings. The molecule has 7 heteroatoms. The topological polar surface area (TPSA) is 93.1 Å². The van der Waals surface area contributed by atoms with Crippen molar-refractivity contribution >= 4 is 18.0 Å². The summed E-state index contributed by atoms with van der Waals surface area (Å²) < 4.78 is 10.5. The summed E-state index contributed by atoms with van der Waals surface area (Å²) >= 11 is 0. The summed E-state index contributed by atoms with van der Waals surface area (Å²) in [5.41, 5.74) is -0.426. The van der Waals surface area contributed by atoms with Gasteiger partial charge in [0.2, 0.25) is 0 Å². The first-order valence-corrected chi connectivity index (χ1v) is 8.37. The van der Waals surface area contributed by atoms with E-state index in [0.717, 1.165) is 5.56 Å². The van der Waals surface area contributed by atoms with Crippen molar-refractivity contribution in [1.29, 1.82) is 0 Å². The van der Waals surface area contributed by atoms with Crippen LogP contribution in [0, 0.1) is 0 Å². The quantitative estimate of drug-likeness (QED) is 0.761. The summed E-state index contributed by atoms with van der Waals surface area (Å²) in [4.78, 5) is 37.3. The third kappa shape index (κ3) is 4.49. The Morgan fingerprint density at radius 3 is 2.56 bits per heavy atom. The zero-order valence-electron chi connectivity index (χ0n) is 14.3. The smallest absolute Gasteiger partial charge is 0.411 e. The number of hydrogen-bond acceptors (Lipinski definition) is 5. The second-order valence-corrected chi connectivity index (χ2v) is 5.94. The van der Waals surface area contributed by atoms with Gasteiger partial charge in [0.15, 0.2) is 0 Å². The number of hydrogen-bond donors (Lipinski definition) is 1.